The van der Waals surface area contributed by atoms with E-state index < -0.39 is 22.1 Å². The van der Waals surface area contributed by atoms with Crippen molar-refractivity contribution in [3.63, 3.8) is 0 Å². The summed E-state index contributed by atoms with van der Waals surface area (Å²) in [6.07, 6.45) is -0.0610. The van der Waals surface area contributed by atoms with E-state index >= 15 is 0 Å². The van der Waals surface area contributed by atoms with Crippen molar-refractivity contribution in [3.05, 3.63) is 29.8 Å². The zero-order chi connectivity index (χ0) is 17.0. The number of urea groups is 1. The van der Waals surface area contributed by atoms with Gasteiger partial charge in [0.1, 0.15) is 5.75 Å². The number of sulfone groups is 1. The van der Waals surface area contributed by atoms with E-state index in [9.17, 15) is 13.2 Å². The second kappa shape index (κ2) is 7.21. The number of rotatable bonds is 5. The molecular formula is C16H24N2O4S. The summed E-state index contributed by atoms with van der Waals surface area (Å²) in [5, 5.41) is 5.36. The lowest BCUT2D eigenvalue weighted by Crippen LogP contribution is -2.47. The van der Waals surface area contributed by atoms with Crippen LogP contribution in [-0.4, -0.2) is 38.2 Å². The van der Waals surface area contributed by atoms with Crippen molar-refractivity contribution in [1.29, 1.82) is 0 Å². The van der Waals surface area contributed by atoms with Gasteiger partial charge in [0, 0.05) is 6.04 Å². The van der Waals surface area contributed by atoms with Crippen LogP contribution in [0.4, 0.5) is 4.79 Å². The number of hydrogen-bond acceptors (Lipinski definition) is 4. The predicted molar refractivity (Wildman–Crippen MR) is 89.3 cm³/mol. The van der Waals surface area contributed by atoms with Crippen molar-refractivity contribution in [2.24, 2.45) is 0 Å². The Bertz CT molecular complexity index is 658. The van der Waals surface area contributed by atoms with Crippen LogP contribution in [-0.2, 0) is 9.84 Å². The quantitative estimate of drug-likeness (QED) is 0.803. The third kappa shape index (κ3) is 5.13. The van der Waals surface area contributed by atoms with Crippen LogP contribution < -0.4 is 15.4 Å². The van der Waals surface area contributed by atoms with Crippen LogP contribution in [0, 0.1) is 0 Å². The highest BCUT2D eigenvalue weighted by Crippen LogP contribution is 2.26. The Morgan fingerprint density at radius 3 is 2.57 bits per heavy atom. The van der Waals surface area contributed by atoms with Crippen LogP contribution in [0.5, 0.6) is 5.75 Å². The Hall–Kier alpha value is -1.76. The van der Waals surface area contributed by atoms with Gasteiger partial charge in [-0.3, -0.25) is 0 Å². The molecule has 1 heterocycles. The highest BCUT2D eigenvalue weighted by atomic mass is 32.2. The van der Waals surface area contributed by atoms with E-state index in [2.05, 4.69) is 24.5 Å². The average Bonchev–Trinajstić information content (AvgIpc) is 2.77. The molecule has 1 fully saturated rings. The maximum Gasteiger partial charge on any atom is 0.317 e. The van der Waals surface area contributed by atoms with Gasteiger partial charge in [0.25, 0.3) is 0 Å². The lowest BCUT2D eigenvalue weighted by Gasteiger charge is -2.21. The summed E-state index contributed by atoms with van der Waals surface area (Å²) in [5.74, 6) is 1.19. The summed E-state index contributed by atoms with van der Waals surface area (Å²) in [6.45, 7) is 5.89. The van der Waals surface area contributed by atoms with Gasteiger partial charge < -0.3 is 15.4 Å². The van der Waals surface area contributed by atoms with Crippen LogP contribution in [0.15, 0.2) is 24.3 Å². The molecule has 6 nitrogen and oxygen atoms in total. The summed E-state index contributed by atoms with van der Waals surface area (Å²) in [6, 6.07) is 6.97. The SMILES string of the molecule is CC(NC(=O)NC1CCS(=O)(=O)C1)Oc1ccccc1C(C)C. The normalized spacial score (nSPS) is 21.0. The first kappa shape index (κ1) is 17.6. The third-order valence-electron chi connectivity index (χ3n) is 3.75. The van der Waals surface area contributed by atoms with Crippen molar-refractivity contribution in [2.75, 3.05) is 11.5 Å². The smallest absolute Gasteiger partial charge is 0.317 e. The Balaban J connectivity index is 1.87. The highest BCUT2D eigenvalue weighted by molar-refractivity contribution is 7.91. The standard InChI is InChI=1S/C16H24N2O4S/c1-11(2)14-6-4-5-7-15(14)22-12(3)17-16(19)18-13-8-9-23(20,21)10-13/h4-7,11-13H,8-10H2,1-3H3,(H2,17,18,19). The van der Waals surface area contributed by atoms with Gasteiger partial charge >= 0.3 is 6.03 Å². The Morgan fingerprint density at radius 2 is 1.96 bits per heavy atom. The Labute approximate surface area is 137 Å². The molecule has 0 aliphatic carbocycles. The Kier molecular flexibility index (Phi) is 5.51. The zero-order valence-corrected chi connectivity index (χ0v) is 14.5. The van der Waals surface area contributed by atoms with Gasteiger partial charge in [-0.1, -0.05) is 32.0 Å². The van der Waals surface area contributed by atoms with E-state index in [1.54, 1.807) is 6.92 Å². The molecule has 2 rings (SSSR count). The average molecular weight is 340 g/mol. The number of carbonyl (C=O) groups excluding carboxylic acids is 1. The molecule has 7 heteroatoms. The maximum atomic E-state index is 11.9. The van der Waals surface area contributed by atoms with Gasteiger partial charge in [-0.25, -0.2) is 13.2 Å². The summed E-state index contributed by atoms with van der Waals surface area (Å²) in [5.41, 5.74) is 1.07. The second-order valence-corrected chi connectivity index (χ2v) is 8.40. The molecule has 128 valence electrons. The molecule has 1 aromatic rings. The van der Waals surface area contributed by atoms with E-state index in [0.29, 0.717) is 12.3 Å². The molecule has 1 aromatic carbocycles. The molecule has 23 heavy (non-hydrogen) atoms. The van der Waals surface area contributed by atoms with E-state index in [1.165, 1.54) is 0 Å². The van der Waals surface area contributed by atoms with Crippen LogP contribution in [0.3, 0.4) is 0 Å². The van der Waals surface area contributed by atoms with Gasteiger partial charge in [0.05, 0.1) is 11.5 Å². The summed E-state index contributed by atoms with van der Waals surface area (Å²) >= 11 is 0. The fourth-order valence-corrected chi connectivity index (χ4v) is 4.28. The number of nitrogens with one attached hydrogen (secondary N) is 2. The van der Waals surface area contributed by atoms with E-state index in [4.69, 9.17) is 4.74 Å². The van der Waals surface area contributed by atoms with Crippen molar-refractivity contribution in [3.8, 4) is 5.75 Å². The fraction of sp³-hybridized carbons (Fsp3) is 0.562. The number of amides is 2. The van der Waals surface area contributed by atoms with E-state index in [1.807, 2.05) is 24.3 Å². The van der Waals surface area contributed by atoms with Crippen molar-refractivity contribution < 1.29 is 17.9 Å². The first-order valence-electron chi connectivity index (χ1n) is 7.80. The number of carbonyl (C=O) groups is 1. The molecule has 2 amide bonds. The summed E-state index contributed by atoms with van der Waals surface area (Å²) in [4.78, 5) is 11.9. The lowest BCUT2D eigenvalue weighted by atomic mass is 10.0. The summed E-state index contributed by atoms with van der Waals surface area (Å²) < 4.78 is 28.6. The first-order valence-corrected chi connectivity index (χ1v) is 9.62. The topological polar surface area (TPSA) is 84.5 Å². The fourth-order valence-electron chi connectivity index (χ4n) is 2.61. The molecule has 0 spiro atoms. The first-order chi connectivity index (χ1) is 10.8. The van der Waals surface area contributed by atoms with Crippen LogP contribution in [0.2, 0.25) is 0 Å². The minimum absolute atomic E-state index is 0.00579. The summed E-state index contributed by atoms with van der Waals surface area (Å²) in [7, 11) is -3.01. The van der Waals surface area contributed by atoms with E-state index in [-0.39, 0.29) is 17.5 Å². The highest BCUT2D eigenvalue weighted by Gasteiger charge is 2.29. The predicted octanol–water partition coefficient (Wildman–Crippen LogP) is 2.02. The third-order valence-corrected chi connectivity index (χ3v) is 5.51. The van der Waals surface area contributed by atoms with Crippen LogP contribution in [0.25, 0.3) is 0 Å². The lowest BCUT2D eigenvalue weighted by molar-refractivity contribution is 0.174. The minimum Gasteiger partial charge on any atom is -0.471 e. The second-order valence-electron chi connectivity index (χ2n) is 6.17. The van der Waals surface area contributed by atoms with Crippen LogP contribution >= 0.6 is 0 Å². The van der Waals surface area contributed by atoms with Gasteiger partial charge in [-0.2, -0.15) is 0 Å². The van der Waals surface area contributed by atoms with Crippen molar-refractivity contribution in [2.45, 2.75) is 45.4 Å². The largest absolute Gasteiger partial charge is 0.471 e. The molecular weight excluding hydrogens is 316 g/mol. The molecule has 2 unspecified atom stereocenters. The molecule has 1 saturated heterocycles. The van der Waals surface area contributed by atoms with E-state index in [0.717, 1.165) is 11.3 Å². The maximum absolute atomic E-state index is 11.9. The molecule has 0 saturated carbocycles. The molecule has 1 aliphatic heterocycles. The number of ether oxygens (including phenoxy) is 1. The molecule has 1 aliphatic rings. The Morgan fingerprint density at radius 1 is 1.26 bits per heavy atom. The van der Waals surface area contributed by atoms with Gasteiger partial charge in [0.2, 0.25) is 0 Å². The molecule has 0 aromatic heterocycles. The van der Waals surface area contributed by atoms with Gasteiger partial charge in [-0.05, 0) is 30.9 Å². The molecule has 0 radical (unpaired) electrons. The zero-order valence-electron chi connectivity index (χ0n) is 13.7. The van der Waals surface area contributed by atoms with Crippen molar-refractivity contribution >= 4 is 15.9 Å². The molecule has 2 atom stereocenters. The number of para-hydroxylation sites is 1. The minimum atomic E-state index is -3.01. The van der Waals surface area contributed by atoms with Crippen LogP contribution in [0.1, 0.15) is 38.7 Å². The molecule has 2 N–H and O–H groups in total. The number of benzene rings is 1. The van der Waals surface area contributed by atoms with Gasteiger partial charge in [-0.15, -0.1) is 0 Å². The monoisotopic (exact) mass is 340 g/mol. The molecule has 0 bridgehead atoms. The van der Waals surface area contributed by atoms with Crippen molar-refractivity contribution in [1.82, 2.24) is 10.6 Å². The van der Waals surface area contributed by atoms with Gasteiger partial charge in [0.15, 0.2) is 16.1 Å². The number of hydrogen-bond donors (Lipinski definition) is 2.